The minimum absolute atomic E-state index is 0.109. The Labute approximate surface area is 158 Å². The number of hydrazone groups is 1. The number of aromatic hydroxyl groups is 1. The molecule has 132 valence electrons. The number of hydrogen-bond acceptors (Lipinski definition) is 5. The van der Waals surface area contributed by atoms with Gasteiger partial charge in [0.2, 0.25) is 5.91 Å². The van der Waals surface area contributed by atoms with Gasteiger partial charge in [0.15, 0.2) is 11.5 Å². The fraction of sp³-hybridized carbons (Fsp3) is 0.176. The number of amides is 1. The number of halogens is 2. The minimum atomic E-state index is -0.316. The first-order valence-electron chi connectivity index (χ1n) is 7.15. The molecule has 0 unspecified atom stereocenters. The molecular weight excluding hydrogens is 412 g/mol. The number of phenols is 1. The van der Waals surface area contributed by atoms with Crippen LogP contribution in [0.1, 0.15) is 11.1 Å². The first kappa shape index (κ1) is 19.1. The molecule has 0 spiro atoms. The van der Waals surface area contributed by atoms with Crippen LogP contribution in [0, 0.1) is 0 Å². The van der Waals surface area contributed by atoms with Crippen molar-refractivity contribution in [1.82, 2.24) is 5.43 Å². The standard InChI is InChI=1S/C17H16BrClN2O4/c1-24-14-4-3-10(5-15(14)25-2)6-16(22)21-20-9-11-7-12(18)8-13(19)17(11)23/h3-5,7-9,23H,6H2,1-2H3,(H,21,22)/b20-9-. The van der Waals surface area contributed by atoms with E-state index in [-0.39, 0.29) is 23.1 Å². The SMILES string of the molecule is COc1ccc(CC(=O)N/N=C\c2cc(Br)cc(Cl)c2O)cc1OC. The molecule has 0 fully saturated rings. The summed E-state index contributed by atoms with van der Waals surface area (Å²) in [4.78, 5) is 12.0. The average Bonchev–Trinajstić information content (AvgIpc) is 2.58. The highest BCUT2D eigenvalue weighted by molar-refractivity contribution is 9.10. The lowest BCUT2D eigenvalue weighted by atomic mass is 10.1. The Bertz CT molecular complexity index is 811. The van der Waals surface area contributed by atoms with E-state index in [2.05, 4.69) is 26.5 Å². The summed E-state index contributed by atoms with van der Waals surface area (Å²) < 4.78 is 11.0. The predicted molar refractivity (Wildman–Crippen MR) is 99.8 cm³/mol. The van der Waals surface area contributed by atoms with Gasteiger partial charge in [-0.05, 0) is 29.8 Å². The minimum Gasteiger partial charge on any atom is -0.506 e. The topological polar surface area (TPSA) is 80.2 Å². The zero-order valence-electron chi connectivity index (χ0n) is 13.5. The van der Waals surface area contributed by atoms with E-state index in [1.807, 2.05) is 0 Å². The van der Waals surface area contributed by atoms with E-state index in [9.17, 15) is 9.90 Å². The molecule has 2 aromatic carbocycles. The smallest absolute Gasteiger partial charge is 0.244 e. The molecule has 0 aliphatic heterocycles. The van der Waals surface area contributed by atoms with Crippen LogP contribution in [0.5, 0.6) is 17.2 Å². The van der Waals surface area contributed by atoms with Crippen molar-refractivity contribution in [2.75, 3.05) is 14.2 Å². The maximum absolute atomic E-state index is 12.0. The summed E-state index contributed by atoms with van der Waals surface area (Å²) in [5.41, 5.74) is 3.53. The lowest BCUT2D eigenvalue weighted by Gasteiger charge is -2.09. The zero-order valence-corrected chi connectivity index (χ0v) is 15.9. The number of rotatable bonds is 6. The molecule has 2 N–H and O–H groups in total. The van der Waals surface area contributed by atoms with Gasteiger partial charge in [-0.3, -0.25) is 4.79 Å². The normalized spacial score (nSPS) is 10.7. The molecule has 0 heterocycles. The average molecular weight is 428 g/mol. The lowest BCUT2D eigenvalue weighted by molar-refractivity contribution is -0.120. The highest BCUT2D eigenvalue weighted by atomic mass is 79.9. The second-order valence-electron chi connectivity index (χ2n) is 4.98. The summed E-state index contributed by atoms with van der Waals surface area (Å²) in [6.45, 7) is 0. The third kappa shape index (κ3) is 5.11. The second kappa shape index (κ2) is 8.73. The van der Waals surface area contributed by atoms with Crippen LogP contribution in [-0.2, 0) is 11.2 Å². The molecule has 2 aromatic rings. The van der Waals surface area contributed by atoms with Crippen LogP contribution >= 0.6 is 27.5 Å². The Morgan fingerprint density at radius 1 is 1.28 bits per heavy atom. The molecule has 0 saturated heterocycles. The van der Waals surface area contributed by atoms with Gasteiger partial charge in [0.25, 0.3) is 0 Å². The Hall–Kier alpha value is -2.25. The van der Waals surface area contributed by atoms with Crippen LogP contribution in [0.15, 0.2) is 39.9 Å². The molecule has 25 heavy (non-hydrogen) atoms. The summed E-state index contributed by atoms with van der Waals surface area (Å²) in [5, 5.41) is 13.9. The largest absolute Gasteiger partial charge is 0.506 e. The number of nitrogens with one attached hydrogen (secondary N) is 1. The van der Waals surface area contributed by atoms with Gasteiger partial charge in [-0.1, -0.05) is 33.6 Å². The highest BCUT2D eigenvalue weighted by Crippen LogP contribution is 2.30. The number of carbonyl (C=O) groups excluding carboxylic acids is 1. The van der Waals surface area contributed by atoms with Crippen LogP contribution in [0.25, 0.3) is 0 Å². The molecule has 0 atom stereocenters. The van der Waals surface area contributed by atoms with Crippen molar-refractivity contribution < 1.29 is 19.4 Å². The van der Waals surface area contributed by atoms with Crippen molar-refractivity contribution in [1.29, 1.82) is 0 Å². The third-order valence-corrected chi connectivity index (χ3v) is 4.01. The number of carbonyl (C=O) groups is 1. The molecule has 0 bridgehead atoms. The van der Waals surface area contributed by atoms with Gasteiger partial charge in [-0.25, -0.2) is 5.43 Å². The molecule has 8 heteroatoms. The maximum atomic E-state index is 12.0. The van der Waals surface area contributed by atoms with Crippen molar-refractivity contribution in [2.24, 2.45) is 5.10 Å². The summed E-state index contributed by atoms with van der Waals surface area (Å²) >= 11 is 9.14. The third-order valence-electron chi connectivity index (χ3n) is 3.26. The van der Waals surface area contributed by atoms with Crippen LogP contribution < -0.4 is 14.9 Å². The number of methoxy groups -OCH3 is 2. The number of nitrogens with zero attached hydrogens (tertiary/aromatic N) is 1. The van der Waals surface area contributed by atoms with Gasteiger partial charge >= 0.3 is 0 Å². The molecule has 0 aliphatic carbocycles. The predicted octanol–water partition coefficient (Wildman–Crippen LogP) is 3.52. The highest BCUT2D eigenvalue weighted by Gasteiger charge is 2.09. The molecule has 1 amide bonds. The van der Waals surface area contributed by atoms with E-state index in [0.717, 1.165) is 5.56 Å². The van der Waals surface area contributed by atoms with E-state index < -0.39 is 0 Å². The summed E-state index contributed by atoms with van der Waals surface area (Å²) in [5.74, 6) is 0.712. The van der Waals surface area contributed by atoms with Crippen LogP contribution in [0.3, 0.4) is 0 Å². The molecule has 0 aliphatic rings. The van der Waals surface area contributed by atoms with E-state index in [4.69, 9.17) is 21.1 Å². The van der Waals surface area contributed by atoms with Crippen LogP contribution in [-0.4, -0.2) is 31.4 Å². The summed E-state index contributed by atoms with van der Waals surface area (Å²) in [6, 6.07) is 8.41. The van der Waals surface area contributed by atoms with Crippen molar-refractivity contribution in [3.63, 3.8) is 0 Å². The fourth-order valence-corrected chi connectivity index (χ4v) is 2.91. The van der Waals surface area contributed by atoms with Gasteiger partial charge in [-0.15, -0.1) is 0 Å². The molecule has 0 saturated carbocycles. The maximum Gasteiger partial charge on any atom is 0.244 e. The monoisotopic (exact) mass is 426 g/mol. The molecule has 0 aromatic heterocycles. The van der Waals surface area contributed by atoms with Crippen molar-refractivity contribution in [3.8, 4) is 17.2 Å². The van der Waals surface area contributed by atoms with Gasteiger partial charge in [0, 0.05) is 10.0 Å². The Kier molecular flexibility index (Phi) is 6.66. The zero-order chi connectivity index (χ0) is 18.4. The number of hydrogen-bond donors (Lipinski definition) is 2. The Balaban J connectivity index is 2.01. The first-order valence-corrected chi connectivity index (χ1v) is 8.32. The molecule has 0 radical (unpaired) electrons. The van der Waals surface area contributed by atoms with E-state index in [0.29, 0.717) is 21.5 Å². The number of ether oxygens (including phenoxy) is 2. The van der Waals surface area contributed by atoms with Gasteiger partial charge in [0.1, 0.15) is 5.75 Å². The van der Waals surface area contributed by atoms with E-state index >= 15 is 0 Å². The second-order valence-corrected chi connectivity index (χ2v) is 6.31. The quantitative estimate of drug-likeness (QED) is 0.546. The number of phenolic OH excluding ortho intramolecular Hbond substituents is 1. The summed E-state index contributed by atoms with van der Waals surface area (Å²) in [7, 11) is 3.07. The Morgan fingerprint density at radius 2 is 2.00 bits per heavy atom. The Morgan fingerprint density at radius 3 is 2.68 bits per heavy atom. The number of benzene rings is 2. The van der Waals surface area contributed by atoms with Gasteiger partial charge < -0.3 is 14.6 Å². The molecule has 2 rings (SSSR count). The van der Waals surface area contributed by atoms with Crippen molar-refractivity contribution in [3.05, 3.63) is 51.0 Å². The van der Waals surface area contributed by atoms with Crippen LogP contribution in [0.2, 0.25) is 5.02 Å². The van der Waals surface area contributed by atoms with Gasteiger partial charge in [0.05, 0.1) is 31.9 Å². The first-order chi connectivity index (χ1) is 11.9. The summed E-state index contributed by atoms with van der Waals surface area (Å²) in [6.07, 6.45) is 1.43. The van der Waals surface area contributed by atoms with Crippen molar-refractivity contribution in [2.45, 2.75) is 6.42 Å². The lowest BCUT2D eigenvalue weighted by Crippen LogP contribution is -2.19. The fourth-order valence-electron chi connectivity index (χ4n) is 2.07. The molecule has 6 nitrogen and oxygen atoms in total. The van der Waals surface area contributed by atoms with Crippen LogP contribution in [0.4, 0.5) is 0 Å². The van der Waals surface area contributed by atoms with E-state index in [1.54, 1.807) is 37.4 Å². The van der Waals surface area contributed by atoms with Gasteiger partial charge in [-0.2, -0.15) is 5.10 Å². The van der Waals surface area contributed by atoms with E-state index in [1.165, 1.54) is 13.3 Å². The van der Waals surface area contributed by atoms with Crippen molar-refractivity contribution >= 4 is 39.7 Å². The molecular formula is C17H16BrClN2O4.